The summed E-state index contributed by atoms with van der Waals surface area (Å²) < 4.78 is 5.69. The second-order valence-electron chi connectivity index (χ2n) is 6.53. The van der Waals surface area contributed by atoms with Gasteiger partial charge in [-0.05, 0) is 56.7 Å². The van der Waals surface area contributed by atoms with Crippen LogP contribution in [0.15, 0.2) is 12.1 Å². The van der Waals surface area contributed by atoms with Crippen molar-refractivity contribution in [3.05, 3.63) is 28.8 Å². The van der Waals surface area contributed by atoms with E-state index in [4.69, 9.17) is 4.74 Å². The molecule has 0 heterocycles. The normalized spacial score (nSPS) is 13.3. The molecule has 1 aromatic carbocycles. The van der Waals surface area contributed by atoms with Crippen LogP contribution in [0, 0.1) is 13.8 Å². The monoisotopic (exact) mass is 277 g/mol. The zero-order valence-electron chi connectivity index (χ0n) is 14.3. The van der Waals surface area contributed by atoms with Crippen molar-refractivity contribution < 1.29 is 4.74 Å². The van der Waals surface area contributed by atoms with E-state index in [-0.39, 0.29) is 5.41 Å². The summed E-state index contributed by atoms with van der Waals surface area (Å²) >= 11 is 0. The molecule has 0 amide bonds. The Morgan fingerprint density at radius 1 is 1.25 bits per heavy atom. The number of aryl methyl sites for hydroxylation is 1. The van der Waals surface area contributed by atoms with Gasteiger partial charge in [0.2, 0.25) is 0 Å². The molecule has 0 aliphatic heterocycles. The van der Waals surface area contributed by atoms with Crippen LogP contribution in [0.3, 0.4) is 0 Å². The lowest BCUT2D eigenvalue weighted by Crippen LogP contribution is -2.34. The van der Waals surface area contributed by atoms with Gasteiger partial charge in [0, 0.05) is 11.6 Å². The van der Waals surface area contributed by atoms with Crippen LogP contribution >= 0.6 is 0 Å². The quantitative estimate of drug-likeness (QED) is 0.799. The zero-order valence-corrected chi connectivity index (χ0v) is 14.3. The maximum Gasteiger partial charge on any atom is 0.125 e. The smallest absolute Gasteiger partial charge is 0.125 e. The van der Waals surface area contributed by atoms with Crippen LogP contribution in [0.25, 0.3) is 0 Å². The average Bonchev–Trinajstić information content (AvgIpc) is 2.38. The van der Waals surface area contributed by atoms with Gasteiger partial charge >= 0.3 is 0 Å². The van der Waals surface area contributed by atoms with E-state index < -0.39 is 0 Å². The lowest BCUT2D eigenvalue weighted by atomic mass is 9.77. The van der Waals surface area contributed by atoms with Gasteiger partial charge in [-0.3, -0.25) is 0 Å². The Labute approximate surface area is 124 Å². The van der Waals surface area contributed by atoms with Gasteiger partial charge in [0.15, 0.2) is 0 Å². The molecule has 1 N–H and O–H groups in total. The van der Waals surface area contributed by atoms with Crippen LogP contribution in [0.4, 0.5) is 0 Å². The zero-order chi connectivity index (χ0) is 15.3. The van der Waals surface area contributed by atoms with Gasteiger partial charge < -0.3 is 10.1 Å². The summed E-state index contributed by atoms with van der Waals surface area (Å²) in [6.07, 6.45) is 2.28. The van der Waals surface area contributed by atoms with Crippen molar-refractivity contribution in [1.82, 2.24) is 5.32 Å². The van der Waals surface area contributed by atoms with E-state index in [0.717, 1.165) is 18.7 Å². The van der Waals surface area contributed by atoms with Crippen molar-refractivity contribution >= 4 is 0 Å². The van der Waals surface area contributed by atoms with Gasteiger partial charge in [-0.1, -0.05) is 32.9 Å². The molecule has 1 unspecified atom stereocenters. The van der Waals surface area contributed by atoms with Crippen molar-refractivity contribution in [1.29, 1.82) is 0 Å². The Balaban J connectivity index is 3.00. The summed E-state index contributed by atoms with van der Waals surface area (Å²) in [5.74, 6) is 1.05. The summed E-state index contributed by atoms with van der Waals surface area (Å²) in [4.78, 5) is 0. The Morgan fingerprint density at radius 2 is 1.90 bits per heavy atom. The van der Waals surface area contributed by atoms with E-state index in [2.05, 4.69) is 59.0 Å². The first-order valence-corrected chi connectivity index (χ1v) is 7.71. The largest absolute Gasteiger partial charge is 0.496 e. The predicted octanol–water partition coefficient (Wildman–Crippen LogP) is 4.37. The minimum atomic E-state index is 0.101. The molecule has 2 nitrogen and oxygen atoms in total. The minimum Gasteiger partial charge on any atom is -0.496 e. The molecule has 0 saturated heterocycles. The first-order valence-electron chi connectivity index (χ1n) is 7.71. The third-order valence-electron chi connectivity index (χ3n) is 4.17. The highest BCUT2D eigenvalue weighted by molar-refractivity contribution is 5.48. The second-order valence-corrected chi connectivity index (χ2v) is 6.53. The van der Waals surface area contributed by atoms with Crippen LogP contribution < -0.4 is 10.1 Å². The lowest BCUT2D eigenvalue weighted by Gasteiger charge is -2.31. The number of benzene rings is 1. The Hall–Kier alpha value is -1.02. The molecule has 20 heavy (non-hydrogen) atoms. The van der Waals surface area contributed by atoms with Gasteiger partial charge in [0.05, 0.1) is 7.11 Å². The molecule has 114 valence electrons. The fourth-order valence-corrected chi connectivity index (χ4v) is 2.92. The van der Waals surface area contributed by atoms with Crippen molar-refractivity contribution in [2.45, 2.75) is 65.8 Å². The lowest BCUT2D eigenvalue weighted by molar-refractivity contribution is 0.357. The molecule has 0 fully saturated rings. The molecule has 0 aliphatic carbocycles. The molecule has 0 bridgehead atoms. The summed E-state index contributed by atoms with van der Waals surface area (Å²) in [7, 11) is 1.78. The van der Waals surface area contributed by atoms with Crippen LogP contribution in [0.5, 0.6) is 5.75 Å². The Kier molecular flexibility index (Phi) is 6.07. The topological polar surface area (TPSA) is 21.3 Å². The van der Waals surface area contributed by atoms with Crippen LogP contribution in [-0.4, -0.2) is 19.7 Å². The summed E-state index contributed by atoms with van der Waals surface area (Å²) in [5, 5.41) is 3.58. The summed E-state index contributed by atoms with van der Waals surface area (Å²) in [6, 6.07) is 4.95. The fraction of sp³-hybridized carbons (Fsp3) is 0.667. The van der Waals surface area contributed by atoms with Crippen LogP contribution in [0.1, 0.15) is 57.2 Å². The fourth-order valence-electron chi connectivity index (χ4n) is 2.92. The summed E-state index contributed by atoms with van der Waals surface area (Å²) in [6.45, 7) is 14.5. The highest BCUT2D eigenvalue weighted by Crippen LogP contribution is 2.38. The van der Waals surface area contributed by atoms with Gasteiger partial charge in [-0.15, -0.1) is 0 Å². The first-order chi connectivity index (χ1) is 9.33. The maximum absolute atomic E-state index is 5.69. The number of hydrogen-bond donors (Lipinski definition) is 1. The number of ether oxygens (including phenoxy) is 1. The van der Waals surface area contributed by atoms with E-state index in [1.54, 1.807) is 7.11 Å². The van der Waals surface area contributed by atoms with E-state index in [1.165, 1.54) is 23.1 Å². The highest BCUT2D eigenvalue weighted by atomic mass is 16.5. The second kappa shape index (κ2) is 7.12. The van der Waals surface area contributed by atoms with Gasteiger partial charge in [-0.2, -0.15) is 0 Å². The predicted molar refractivity (Wildman–Crippen MR) is 87.9 cm³/mol. The molecular weight excluding hydrogens is 246 g/mol. The van der Waals surface area contributed by atoms with E-state index in [1.807, 2.05) is 0 Å². The summed E-state index contributed by atoms with van der Waals surface area (Å²) in [5.41, 5.74) is 3.96. The third-order valence-corrected chi connectivity index (χ3v) is 4.17. The SMILES string of the molecule is CCCNC(C)CC(C)(C)c1ccc(C)c(C)c1OC. The molecule has 0 radical (unpaired) electrons. The van der Waals surface area contributed by atoms with Gasteiger partial charge in [0.1, 0.15) is 5.75 Å². The van der Waals surface area contributed by atoms with Crippen molar-refractivity contribution in [3.8, 4) is 5.75 Å². The number of rotatable bonds is 7. The molecule has 0 aliphatic rings. The van der Waals surface area contributed by atoms with Crippen molar-refractivity contribution in [2.75, 3.05) is 13.7 Å². The standard InChI is InChI=1S/C18H31NO/c1-8-11-19-14(3)12-18(5,6)16-10-9-13(2)15(4)17(16)20-7/h9-10,14,19H,8,11-12H2,1-7H3. The molecule has 1 aromatic rings. The number of methoxy groups -OCH3 is 1. The van der Waals surface area contributed by atoms with Crippen LogP contribution in [-0.2, 0) is 5.41 Å². The molecule has 2 heteroatoms. The Bertz CT molecular complexity index is 437. The van der Waals surface area contributed by atoms with E-state index >= 15 is 0 Å². The van der Waals surface area contributed by atoms with Gasteiger partial charge in [-0.25, -0.2) is 0 Å². The number of hydrogen-bond acceptors (Lipinski definition) is 2. The first kappa shape index (κ1) is 17.0. The molecule has 0 saturated carbocycles. The number of nitrogens with one attached hydrogen (secondary N) is 1. The molecule has 1 rings (SSSR count). The Morgan fingerprint density at radius 3 is 2.45 bits per heavy atom. The average molecular weight is 277 g/mol. The van der Waals surface area contributed by atoms with Crippen molar-refractivity contribution in [3.63, 3.8) is 0 Å². The van der Waals surface area contributed by atoms with E-state index in [9.17, 15) is 0 Å². The minimum absolute atomic E-state index is 0.101. The highest BCUT2D eigenvalue weighted by Gasteiger charge is 2.27. The van der Waals surface area contributed by atoms with Crippen molar-refractivity contribution in [2.24, 2.45) is 0 Å². The van der Waals surface area contributed by atoms with Crippen LogP contribution in [0.2, 0.25) is 0 Å². The maximum atomic E-state index is 5.69. The molecule has 0 aromatic heterocycles. The molecule has 0 spiro atoms. The molecular formula is C18H31NO. The molecule has 1 atom stereocenters. The third kappa shape index (κ3) is 3.99. The van der Waals surface area contributed by atoms with E-state index in [0.29, 0.717) is 6.04 Å². The van der Waals surface area contributed by atoms with Gasteiger partial charge in [0.25, 0.3) is 0 Å².